The summed E-state index contributed by atoms with van der Waals surface area (Å²) in [6.45, 7) is 4.95. The lowest BCUT2D eigenvalue weighted by molar-refractivity contribution is -0.141. The van der Waals surface area contributed by atoms with E-state index in [2.05, 4.69) is 15.2 Å². The number of nitrogens with one attached hydrogen (secondary N) is 1. The number of alkyl halides is 3. The van der Waals surface area contributed by atoms with Crippen LogP contribution >= 0.6 is 0 Å². The second kappa shape index (κ2) is 5.00. The summed E-state index contributed by atoms with van der Waals surface area (Å²) in [5, 5.41) is 3.32. The minimum atomic E-state index is -4.35. The molecule has 2 saturated heterocycles. The summed E-state index contributed by atoms with van der Waals surface area (Å²) in [7, 11) is 0. The van der Waals surface area contributed by atoms with Crippen LogP contribution in [-0.4, -0.2) is 36.1 Å². The van der Waals surface area contributed by atoms with Crippen LogP contribution in [0.3, 0.4) is 0 Å². The smallest absolute Gasteiger partial charge is 0.316 e. The van der Waals surface area contributed by atoms with Crippen LogP contribution in [0.1, 0.15) is 24.1 Å². The van der Waals surface area contributed by atoms with E-state index in [1.165, 1.54) is 25.1 Å². The number of aromatic nitrogens is 1. The molecule has 0 saturated carbocycles. The number of likely N-dealkylation sites (tertiary alicyclic amines) is 1. The molecule has 0 aliphatic carbocycles. The number of halogens is 3. The van der Waals surface area contributed by atoms with Gasteiger partial charge < -0.3 is 5.32 Å². The highest BCUT2D eigenvalue weighted by atomic mass is 19.4. The highest BCUT2D eigenvalue weighted by Gasteiger charge is 2.39. The molecule has 1 aromatic rings. The van der Waals surface area contributed by atoms with E-state index in [1.807, 2.05) is 0 Å². The largest absolute Gasteiger partial charge is 0.433 e. The fraction of sp³-hybridized carbons (Fsp3) is 0.643. The van der Waals surface area contributed by atoms with Gasteiger partial charge in [-0.1, -0.05) is 6.07 Å². The number of rotatable bonds is 2. The topological polar surface area (TPSA) is 28.2 Å². The molecule has 0 bridgehead atoms. The lowest BCUT2D eigenvalue weighted by Crippen LogP contribution is -2.58. The van der Waals surface area contributed by atoms with Gasteiger partial charge in [-0.15, -0.1) is 0 Å². The van der Waals surface area contributed by atoms with Crippen LogP contribution in [0.5, 0.6) is 0 Å². The van der Waals surface area contributed by atoms with Crippen molar-refractivity contribution in [2.45, 2.75) is 25.6 Å². The maximum absolute atomic E-state index is 12.4. The lowest BCUT2D eigenvalue weighted by atomic mass is 9.73. The Morgan fingerprint density at radius 3 is 2.35 bits per heavy atom. The first-order valence-electron chi connectivity index (χ1n) is 6.92. The summed E-state index contributed by atoms with van der Waals surface area (Å²) in [5.41, 5.74) is 0.523. The van der Waals surface area contributed by atoms with Crippen LogP contribution in [0.25, 0.3) is 0 Å². The van der Waals surface area contributed by atoms with Crippen molar-refractivity contribution in [3.05, 3.63) is 29.6 Å². The molecule has 0 radical (unpaired) electrons. The first-order chi connectivity index (χ1) is 9.47. The Hall–Kier alpha value is -1.14. The maximum atomic E-state index is 12.4. The number of hydrogen-bond donors (Lipinski definition) is 1. The van der Waals surface area contributed by atoms with Gasteiger partial charge in [0.2, 0.25) is 0 Å². The zero-order valence-electron chi connectivity index (χ0n) is 11.2. The van der Waals surface area contributed by atoms with E-state index in [-0.39, 0.29) is 0 Å². The van der Waals surface area contributed by atoms with Crippen molar-refractivity contribution in [3.8, 4) is 0 Å². The van der Waals surface area contributed by atoms with Gasteiger partial charge in [0.05, 0.1) is 0 Å². The Balaban J connectivity index is 1.56. The van der Waals surface area contributed by atoms with E-state index in [4.69, 9.17) is 0 Å². The normalized spacial score (nSPS) is 22.8. The molecule has 3 nitrogen and oxygen atoms in total. The molecule has 3 heterocycles. The molecule has 0 aromatic carbocycles. The first-order valence-corrected chi connectivity index (χ1v) is 6.92. The fourth-order valence-corrected chi connectivity index (χ4v) is 2.96. The Morgan fingerprint density at radius 1 is 1.20 bits per heavy atom. The molecule has 20 heavy (non-hydrogen) atoms. The van der Waals surface area contributed by atoms with E-state index in [9.17, 15) is 13.2 Å². The standard InChI is InChI=1S/C14H18F3N3/c15-14(16,17)12-2-1-11(7-19-12)8-20-5-3-13(4-6-20)9-18-10-13/h1-2,7,18H,3-6,8-10H2. The SMILES string of the molecule is FC(F)(F)c1ccc(CN2CCC3(CC2)CNC3)cn1. The average Bonchev–Trinajstić information content (AvgIpc) is 2.37. The predicted molar refractivity (Wildman–Crippen MR) is 69.1 cm³/mol. The van der Waals surface area contributed by atoms with Crippen LogP contribution in [0, 0.1) is 5.41 Å². The van der Waals surface area contributed by atoms with E-state index in [0.29, 0.717) is 12.0 Å². The molecule has 1 N–H and O–H groups in total. The quantitative estimate of drug-likeness (QED) is 0.903. The van der Waals surface area contributed by atoms with Crippen LogP contribution < -0.4 is 5.32 Å². The van der Waals surface area contributed by atoms with Crippen molar-refractivity contribution in [1.82, 2.24) is 15.2 Å². The Morgan fingerprint density at radius 2 is 1.90 bits per heavy atom. The van der Waals surface area contributed by atoms with E-state index >= 15 is 0 Å². The summed E-state index contributed by atoms with van der Waals surface area (Å²) in [6, 6.07) is 2.60. The van der Waals surface area contributed by atoms with Crippen LogP contribution in [0.2, 0.25) is 0 Å². The van der Waals surface area contributed by atoms with Crippen molar-refractivity contribution < 1.29 is 13.2 Å². The Labute approximate surface area is 116 Å². The molecule has 2 aliphatic rings. The summed E-state index contributed by atoms with van der Waals surface area (Å²) in [5.74, 6) is 0. The van der Waals surface area contributed by atoms with Crippen LogP contribution in [0.15, 0.2) is 18.3 Å². The molecular formula is C14H18F3N3. The minimum absolute atomic E-state index is 0.495. The van der Waals surface area contributed by atoms with Crippen molar-refractivity contribution >= 4 is 0 Å². The monoisotopic (exact) mass is 285 g/mol. The van der Waals surface area contributed by atoms with Crippen molar-refractivity contribution in [3.63, 3.8) is 0 Å². The third kappa shape index (κ3) is 2.81. The summed E-state index contributed by atoms with van der Waals surface area (Å²) in [4.78, 5) is 5.81. The average molecular weight is 285 g/mol. The summed E-state index contributed by atoms with van der Waals surface area (Å²) in [6.07, 6.45) is -0.659. The molecule has 6 heteroatoms. The molecule has 1 spiro atoms. The van der Waals surface area contributed by atoms with Gasteiger partial charge in [0.1, 0.15) is 5.69 Å². The predicted octanol–water partition coefficient (Wildman–Crippen LogP) is 2.29. The summed E-state index contributed by atoms with van der Waals surface area (Å²) >= 11 is 0. The third-order valence-electron chi connectivity index (χ3n) is 4.44. The second-order valence-corrected chi connectivity index (χ2v) is 5.93. The molecule has 2 aliphatic heterocycles. The molecule has 2 fully saturated rings. The van der Waals surface area contributed by atoms with Gasteiger partial charge in [0, 0.05) is 25.8 Å². The zero-order valence-corrected chi connectivity index (χ0v) is 11.2. The number of piperidine rings is 1. The lowest BCUT2D eigenvalue weighted by Gasteiger charge is -2.48. The van der Waals surface area contributed by atoms with Crippen LogP contribution in [0.4, 0.5) is 13.2 Å². The summed E-state index contributed by atoms with van der Waals surface area (Å²) < 4.78 is 37.3. The van der Waals surface area contributed by atoms with Crippen molar-refractivity contribution in [1.29, 1.82) is 0 Å². The van der Waals surface area contributed by atoms with Gasteiger partial charge in [-0.05, 0) is 43.0 Å². The van der Waals surface area contributed by atoms with E-state index < -0.39 is 11.9 Å². The minimum Gasteiger partial charge on any atom is -0.316 e. The molecule has 0 amide bonds. The van der Waals surface area contributed by atoms with Gasteiger partial charge in [-0.25, -0.2) is 0 Å². The van der Waals surface area contributed by atoms with Gasteiger partial charge >= 0.3 is 6.18 Å². The second-order valence-electron chi connectivity index (χ2n) is 5.93. The zero-order chi connectivity index (χ0) is 14.2. The van der Waals surface area contributed by atoms with E-state index in [0.717, 1.165) is 37.8 Å². The molecule has 110 valence electrons. The first kappa shape index (κ1) is 13.8. The van der Waals surface area contributed by atoms with E-state index in [1.54, 1.807) is 0 Å². The third-order valence-corrected chi connectivity index (χ3v) is 4.44. The number of hydrogen-bond acceptors (Lipinski definition) is 3. The Kier molecular flexibility index (Phi) is 3.46. The molecule has 0 atom stereocenters. The number of nitrogens with zero attached hydrogens (tertiary/aromatic N) is 2. The van der Waals surface area contributed by atoms with Crippen molar-refractivity contribution in [2.24, 2.45) is 5.41 Å². The highest BCUT2D eigenvalue weighted by molar-refractivity contribution is 5.16. The van der Waals surface area contributed by atoms with Gasteiger partial charge in [-0.2, -0.15) is 13.2 Å². The number of pyridine rings is 1. The van der Waals surface area contributed by atoms with Gasteiger partial charge in [0.15, 0.2) is 0 Å². The Bertz CT molecular complexity index is 456. The molecular weight excluding hydrogens is 267 g/mol. The fourth-order valence-electron chi connectivity index (χ4n) is 2.96. The highest BCUT2D eigenvalue weighted by Crippen LogP contribution is 2.35. The van der Waals surface area contributed by atoms with Gasteiger partial charge in [0.25, 0.3) is 0 Å². The van der Waals surface area contributed by atoms with Crippen molar-refractivity contribution in [2.75, 3.05) is 26.2 Å². The van der Waals surface area contributed by atoms with Gasteiger partial charge in [-0.3, -0.25) is 9.88 Å². The molecule has 3 rings (SSSR count). The van der Waals surface area contributed by atoms with Crippen LogP contribution in [-0.2, 0) is 12.7 Å². The maximum Gasteiger partial charge on any atom is 0.433 e. The molecule has 0 unspecified atom stereocenters. The molecule has 1 aromatic heterocycles.